The first-order valence-corrected chi connectivity index (χ1v) is 7.07. The number of carbonyl (C=O) groups is 1. The van der Waals surface area contributed by atoms with Gasteiger partial charge in [0.15, 0.2) is 0 Å². The fourth-order valence-corrected chi connectivity index (χ4v) is 2.53. The predicted octanol–water partition coefficient (Wildman–Crippen LogP) is 3.04. The molecule has 1 aromatic rings. The van der Waals surface area contributed by atoms with E-state index in [1.54, 1.807) is 0 Å². The van der Waals surface area contributed by atoms with Gasteiger partial charge in [-0.2, -0.15) is 0 Å². The molecular weight excluding hydrogens is 264 g/mol. The Morgan fingerprint density at radius 3 is 3.05 bits per heavy atom. The highest BCUT2D eigenvalue weighted by atomic mass is 35.5. The number of allylic oxidation sites excluding steroid dienone is 2. The van der Waals surface area contributed by atoms with Crippen molar-refractivity contribution in [1.82, 2.24) is 10.5 Å². The monoisotopic (exact) mass is 282 g/mol. The van der Waals surface area contributed by atoms with Crippen molar-refractivity contribution in [1.29, 1.82) is 0 Å². The van der Waals surface area contributed by atoms with E-state index in [2.05, 4.69) is 22.6 Å². The predicted molar refractivity (Wildman–Crippen MR) is 74.1 cm³/mol. The van der Waals surface area contributed by atoms with E-state index in [9.17, 15) is 4.79 Å². The van der Waals surface area contributed by atoms with Crippen LogP contribution in [0.2, 0.25) is 5.22 Å². The molecule has 0 bridgehead atoms. The highest BCUT2D eigenvalue weighted by molar-refractivity contribution is 6.29. The Hall–Kier alpha value is -1.29. The van der Waals surface area contributed by atoms with Gasteiger partial charge in [0.1, 0.15) is 0 Å². The second-order valence-electron chi connectivity index (χ2n) is 4.97. The third kappa shape index (κ3) is 4.10. The van der Waals surface area contributed by atoms with E-state index in [4.69, 9.17) is 16.1 Å². The van der Waals surface area contributed by atoms with E-state index >= 15 is 0 Å². The standard InChI is InChI=1S/C14H19ClN2O2/c1-10-12(14(15)19-17-10)7-8-13(18)16-9-11-5-3-2-4-6-11/h2-3,11H,4-9H2,1H3,(H,16,18). The highest BCUT2D eigenvalue weighted by Crippen LogP contribution is 2.20. The minimum atomic E-state index is 0.0613. The molecule has 1 N–H and O–H groups in total. The Bertz CT molecular complexity index is 449. The van der Waals surface area contributed by atoms with Crippen molar-refractivity contribution in [3.05, 3.63) is 28.6 Å². The van der Waals surface area contributed by atoms with Crippen LogP contribution in [0, 0.1) is 12.8 Å². The number of aryl methyl sites for hydroxylation is 1. The maximum absolute atomic E-state index is 11.8. The normalized spacial score (nSPS) is 18.5. The van der Waals surface area contributed by atoms with Crippen molar-refractivity contribution in [3.63, 3.8) is 0 Å². The molecule has 0 aromatic carbocycles. The summed E-state index contributed by atoms with van der Waals surface area (Å²) in [4.78, 5) is 11.8. The lowest BCUT2D eigenvalue weighted by atomic mass is 9.94. The minimum Gasteiger partial charge on any atom is -0.356 e. The number of nitrogens with one attached hydrogen (secondary N) is 1. The van der Waals surface area contributed by atoms with Gasteiger partial charge >= 0.3 is 0 Å². The molecular formula is C14H19ClN2O2. The summed E-state index contributed by atoms with van der Waals surface area (Å²) in [6, 6.07) is 0. The first-order chi connectivity index (χ1) is 9.16. The van der Waals surface area contributed by atoms with Gasteiger partial charge in [-0.3, -0.25) is 4.79 Å². The Morgan fingerprint density at radius 1 is 1.58 bits per heavy atom. The summed E-state index contributed by atoms with van der Waals surface area (Å²) in [5.41, 5.74) is 1.59. The molecule has 104 valence electrons. The molecule has 1 aliphatic rings. The molecule has 4 nitrogen and oxygen atoms in total. The second kappa shape index (κ2) is 6.75. The summed E-state index contributed by atoms with van der Waals surface area (Å²) in [5, 5.41) is 7.05. The summed E-state index contributed by atoms with van der Waals surface area (Å²) in [7, 11) is 0. The van der Waals surface area contributed by atoms with Crippen molar-refractivity contribution >= 4 is 17.5 Å². The van der Waals surface area contributed by atoms with Gasteiger partial charge in [-0.1, -0.05) is 17.3 Å². The summed E-state index contributed by atoms with van der Waals surface area (Å²) in [5.74, 6) is 0.640. The third-order valence-corrected chi connectivity index (χ3v) is 3.80. The smallest absolute Gasteiger partial charge is 0.229 e. The number of hydrogen-bond acceptors (Lipinski definition) is 3. The van der Waals surface area contributed by atoms with Gasteiger partial charge in [-0.05, 0) is 50.1 Å². The van der Waals surface area contributed by atoms with E-state index in [0.29, 0.717) is 24.0 Å². The number of carbonyl (C=O) groups excluding carboxylic acids is 1. The first kappa shape index (κ1) is 14.1. The Labute approximate surface area is 118 Å². The van der Waals surface area contributed by atoms with E-state index in [1.807, 2.05) is 6.92 Å². The van der Waals surface area contributed by atoms with Crippen LogP contribution in [0.3, 0.4) is 0 Å². The summed E-state index contributed by atoms with van der Waals surface area (Å²) >= 11 is 5.86. The molecule has 1 amide bonds. The maximum Gasteiger partial charge on any atom is 0.229 e. The van der Waals surface area contributed by atoms with Crippen LogP contribution >= 0.6 is 11.6 Å². The van der Waals surface area contributed by atoms with Crippen molar-refractivity contribution < 1.29 is 9.32 Å². The molecule has 0 saturated carbocycles. The van der Waals surface area contributed by atoms with Gasteiger partial charge < -0.3 is 9.84 Å². The van der Waals surface area contributed by atoms with Crippen molar-refractivity contribution in [2.24, 2.45) is 5.92 Å². The molecule has 0 saturated heterocycles. The van der Waals surface area contributed by atoms with Crippen molar-refractivity contribution in [3.8, 4) is 0 Å². The Kier molecular flexibility index (Phi) is 5.02. The molecule has 0 aliphatic heterocycles. The third-order valence-electron chi connectivity index (χ3n) is 3.50. The van der Waals surface area contributed by atoms with E-state index in [-0.39, 0.29) is 5.91 Å². The van der Waals surface area contributed by atoms with Crippen LogP contribution in [0.25, 0.3) is 0 Å². The van der Waals surface area contributed by atoms with E-state index < -0.39 is 0 Å². The number of rotatable bonds is 5. The fourth-order valence-electron chi connectivity index (χ4n) is 2.27. The molecule has 0 fully saturated rings. The van der Waals surface area contributed by atoms with Gasteiger partial charge in [-0.25, -0.2) is 0 Å². The zero-order chi connectivity index (χ0) is 13.7. The number of amides is 1. The minimum absolute atomic E-state index is 0.0613. The average Bonchev–Trinajstić information content (AvgIpc) is 2.75. The average molecular weight is 283 g/mol. The van der Waals surface area contributed by atoms with Gasteiger partial charge in [-0.15, -0.1) is 0 Å². The van der Waals surface area contributed by atoms with E-state index in [1.165, 1.54) is 0 Å². The van der Waals surface area contributed by atoms with Crippen molar-refractivity contribution in [2.45, 2.75) is 39.0 Å². The summed E-state index contributed by atoms with van der Waals surface area (Å²) in [6.45, 7) is 2.59. The van der Waals surface area contributed by atoms with Gasteiger partial charge in [0.2, 0.25) is 11.1 Å². The molecule has 2 rings (SSSR count). The molecule has 1 heterocycles. The van der Waals surface area contributed by atoms with Crippen LogP contribution in [0.1, 0.15) is 36.9 Å². The second-order valence-corrected chi connectivity index (χ2v) is 5.32. The SMILES string of the molecule is Cc1noc(Cl)c1CCC(=O)NCC1CC=CCC1. The van der Waals surface area contributed by atoms with E-state index in [0.717, 1.165) is 37.1 Å². The zero-order valence-corrected chi connectivity index (χ0v) is 11.9. The maximum atomic E-state index is 11.8. The van der Waals surface area contributed by atoms with Gasteiger partial charge in [0.05, 0.1) is 5.69 Å². The molecule has 1 aromatic heterocycles. The Balaban J connectivity index is 1.71. The molecule has 19 heavy (non-hydrogen) atoms. The number of nitrogens with zero attached hydrogens (tertiary/aromatic N) is 1. The van der Waals surface area contributed by atoms with Crippen LogP contribution < -0.4 is 5.32 Å². The molecule has 5 heteroatoms. The van der Waals surface area contributed by atoms with Gasteiger partial charge in [0.25, 0.3) is 0 Å². The zero-order valence-electron chi connectivity index (χ0n) is 11.1. The largest absolute Gasteiger partial charge is 0.356 e. The van der Waals surface area contributed by atoms with Crippen LogP contribution in [-0.2, 0) is 11.2 Å². The highest BCUT2D eigenvalue weighted by Gasteiger charge is 2.14. The molecule has 1 aliphatic carbocycles. The topological polar surface area (TPSA) is 55.1 Å². The van der Waals surface area contributed by atoms with Crippen LogP contribution in [0.5, 0.6) is 0 Å². The number of aromatic nitrogens is 1. The molecule has 1 atom stereocenters. The Morgan fingerprint density at radius 2 is 2.42 bits per heavy atom. The van der Waals surface area contributed by atoms with Crippen LogP contribution in [-0.4, -0.2) is 17.6 Å². The summed E-state index contributed by atoms with van der Waals surface area (Å²) in [6.07, 6.45) is 8.74. The van der Waals surface area contributed by atoms with Gasteiger partial charge in [0, 0.05) is 18.5 Å². The number of halogens is 1. The first-order valence-electron chi connectivity index (χ1n) is 6.69. The lowest BCUT2D eigenvalue weighted by Gasteiger charge is -2.18. The number of hydrogen-bond donors (Lipinski definition) is 1. The fraction of sp³-hybridized carbons (Fsp3) is 0.571. The summed E-state index contributed by atoms with van der Waals surface area (Å²) < 4.78 is 4.86. The lowest BCUT2D eigenvalue weighted by Crippen LogP contribution is -2.29. The molecule has 0 radical (unpaired) electrons. The molecule has 1 unspecified atom stereocenters. The van der Waals surface area contributed by atoms with Crippen molar-refractivity contribution in [2.75, 3.05) is 6.54 Å². The molecule has 0 spiro atoms. The lowest BCUT2D eigenvalue weighted by molar-refractivity contribution is -0.121. The van der Waals surface area contributed by atoms with Crippen LogP contribution in [0.15, 0.2) is 16.7 Å². The quantitative estimate of drug-likeness (QED) is 0.845. The van der Waals surface area contributed by atoms with Crippen LogP contribution in [0.4, 0.5) is 0 Å².